The van der Waals surface area contributed by atoms with Gasteiger partial charge in [-0.3, -0.25) is 30.0 Å². The second-order valence-corrected chi connectivity index (χ2v) is 7.25. The van der Waals surface area contributed by atoms with E-state index in [0.29, 0.717) is 16.8 Å². The highest BCUT2D eigenvalue weighted by Crippen LogP contribution is 2.40. The number of thioether (sulfide) groups is 1. The highest BCUT2D eigenvalue weighted by atomic mass is 32.2. The van der Waals surface area contributed by atoms with E-state index in [2.05, 4.69) is 30.6 Å². The topological polar surface area (TPSA) is 102 Å². The van der Waals surface area contributed by atoms with Crippen LogP contribution in [0.15, 0.2) is 60.0 Å². The standard InChI is InChI=1S/C19H18N6O2S/c26-16(21-23-18(27)13-5-2-1-3-6-13)12-28-19-24-22-17(25(19)15-8-9-15)14-7-4-10-20-11-14/h1-7,10-11,15H,8-9,12H2,(H,21,26)(H,23,27). The molecule has 9 heteroatoms. The van der Waals surface area contributed by atoms with Crippen LogP contribution >= 0.6 is 11.8 Å². The predicted octanol–water partition coefficient (Wildman–Crippen LogP) is 2.23. The predicted molar refractivity (Wildman–Crippen MR) is 104 cm³/mol. The Kier molecular flexibility index (Phi) is 5.34. The first-order valence-electron chi connectivity index (χ1n) is 8.84. The van der Waals surface area contributed by atoms with Gasteiger partial charge in [-0.25, -0.2) is 0 Å². The third kappa shape index (κ3) is 4.20. The van der Waals surface area contributed by atoms with Gasteiger partial charge in [-0.1, -0.05) is 30.0 Å². The number of hydrogen-bond acceptors (Lipinski definition) is 6. The molecule has 1 aliphatic carbocycles. The fourth-order valence-electron chi connectivity index (χ4n) is 2.68. The van der Waals surface area contributed by atoms with Crippen molar-refractivity contribution in [3.8, 4) is 11.4 Å². The summed E-state index contributed by atoms with van der Waals surface area (Å²) < 4.78 is 2.07. The minimum absolute atomic E-state index is 0.118. The van der Waals surface area contributed by atoms with Gasteiger partial charge in [0, 0.05) is 29.6 Å². The lowest BCUT2D eigenvalue weighted by Gasteiger charge is -2.09. The van der Waals surface area contributed by atoms with Crippen LogP contribution in [0.25, 0.3) is 11.4 Å². The van der Waals surface area contributed by atoms with Crippen LogP contribution in [0.3, 0.4) is 0 Å². The number of amides is 2. The summed E-state index contributed by atoms with van der Waals surface area (Å²) in [5.74, 6) is 0.199. The Bertz CT molecular complexity index is 973. The number of carbonyl (C=O) groups is 2. The summed E-state index contributed by atoms with van der Waals surface area (Å²) in [5.41, 5.74) is 6.21. The molecule has 2 N–H and O–H groups in total. The number of carbonyl (C=O) groups excluding carboxylic acids is 2. The SMILES string of the molecule is O=C(CSc1nnc(-c2cccnc2)n1C1CC1)NNC(=O)c1ccccc1. The van der Waals surface area contributed by atoms with Crippen LogP contribution in [0.5, 0.6) is 0 Å². The van der Waals surface area contributed by atoms with E-state index in [-0.39, 0.29) is 17.6 Å². The van der Waals surface area contributed by atoms with Crippen LogP contribution in [0.1, 0.15) is 29.2 Å². The Morgan fingerprint density at radius 3 is 2.61 bits per heavy atom. The summed E-state index contributed by atoms with van der Waals surface area (Å²) in [7, 11) is 0. The number of nitrogens with one attached hydrogen (secondary N) is 2. The highest BCUT2D eigenvalue weighted by molar-refractivity contribution is 7.99. The van der Waals surface area contributed by atoms with Crippen molar-refractivity contribution < 1.29 is 9.59 Å². The summed E-state index contributed by atoms with van der Waals surface area (Å²) >= 11 is 1.29. The molecule has 0 aliphatic heterocycles. The molecule has 8 nitrogen and oxygen atoms in total. The lowest BCUT2D eigenvalue weighted by atomic mass is 10.2. The van der Waals surface area contributed by atoms with Crippen LogP contribution in [0.4, 0.5) is 0 Å². The maximum Gasteiger partial charge on any atom is 0.269 e. The molecular weight excluding hydrogens is 376 g/mol. The molecule has 0 bridgehead atoms. The summed E-state index contributed by atoms with van der Waals surface area (Å²) in [6.07, 6.45) is 5.60. The monoisotopic (exact) mass is 394 g/mol. The molecule has 1 fully saturated rings. The molecule has 142 valence electrons. The quantitative estimate of drug-likeness (QED) is 0.491. The summed E-state index contributed by atoms with van der Waals surface area (Å²) in [4.78, 5) is 28.2. The first-order chi connectivity index (χ1) is 13.7. The van der Waals surface area contributed by atoms with E-state index < -0.39 is 0 Å². The van der Waals surface area contributed by atoms with Gasteiger partial charge in [0.2, 0.25) is 5.91 Å². The molecule has 3 aromatic rings. The lowest BCUT2D eigenvalue weighted by Crippen LogP contribution is -2.42. The molecule has 0 unspecified atom stereocenters. The van der Waals surface area contributed by atoms with Gasteiger partial charge >= 0.3 is 0 Å². The first-order valence-corrected chi connectivity index (χ1v) is 9.83. The molecule has 0 atom stereocenters. The van der Waals surface area contributed by atoms with Gasteiger partial charge in [0.15, 0.2) is 11.0 Å². The summed E-state index contributed by atoms with van der Waals surface area (Å²) in [6, 6.07) is 12.8. The third-order valence-corrected chi connectivity index (χ3v) is 5.12. The number of pyridine rings is 1. The van der Waals surface area contributed by atoms with E-state index in [1.165, 1.54) is 11.8 Å². The Balaban J connectivity index is 1.37. The summed E-state index contributed by atoms with van der Waals surface area (Å²) in [6.45, 7) is 0. The Morgan fingerprint density at radius 1 is 1.07 bits per heavy atom. The number of aromatic nitrogens is 4. The van der Waals surface area contributed by atoms with Gasteiger partial charge in [-0.05, 0) is 37.1 Å². The van der Waals surface area contributed by atoms with E-state index in [1.54, 1.807) is 36.7 Å². The zero-order valence-electron chi connectivity index (χ0n) is 14.9. The zero-order valence-corrected chi connectivity index (χ0v) is 15.7. The largest absolute Gasteiger partial charge is 0.299 e. The van der Waals surface area contributed by atoms with Crippen LogP contribution in [0.2, 0.25) is 0 Å². The van der Waals surface area contributed by atoms with E-state index in [9.17, 15) is 9.59 Å². The van der Waals surface area contributed by atoms with Crippen molar-refractivity contribution in [2.75, 3.05) is 5.75 Å². The van der Waals surface area contributed by atoms with Gasteiger partial charge < -0.3 is 0 Å². The molecule has 4 rings (SSSR count). The molecule has 0 saturated heterocycles. The molecule has 2 amide bonds. The van der Waals surface area contributed by atoms with Crippen molar-refractivity contribution >= 4 is 23.6 Å². The minimum atomic E-state index is -0.362. The fourth-order valence-corrected chi connectivity index (χ4v) is 3.49. The Labute approximate surface area is 165 Å². The summed E-state index contributed by atoms with van der Waals surface area (Å²) in [5, 5.41) is 9.23. The van der Waals surface area contributed by atoms with Gasteiger partial charge in [0.25, 0.3) is 5.91 Å². The van der Waals surface area contributed by atoms with Crippen molar-refractivity contribution in [3.63, 3.8) is 0 Å². The second kappa shape index (κ2) is 8.22. The average molecular weight is 394 g/mol. The van der Waals surface area contributed by atoms with E-state index in [0.717, 1.165) is 24.2 Å². The highest BCUT2D eigenvalue weighted by Gasteiger charge is 2.30. The van der Waals surface area contributed by atoms with Crippen molar-refractivity contribution in [2.45, 2.75) is 24.0 Å². The number of rotatable bonds is 6. The normalized spacial score (nSPS) is 13.1. The lowest BCUT2D eigenvalue weighted by molar-refractivity contribution is -0.119. The average Bonchev–Trinajstić information content (AvgIpc) is 3.50. The third-order valence-electron chi connectivity index (χ3n) is 4.18. The van der Waals surface area contributed by atoms with E-state index >= 15 is 0 Å². The number of nitrogens with zero attached hydrogens (tertiary/aromatic N) is 4. The van der Waals surface area contributed by atoms with Crippen molar-refractivity contribution in [1.29, 1.82) is 0 Å². The van der Waals surface area contributed by atoms with Crippen molar-refractivity contribution in [3.05, 3.63) is 60.4 Å². The Morgan fingerprint density at radius 2 is 1.89 bits per heavy atom. The smallest absolute Gasteiger partial charge is 0.269 e. The number of hydrazine groups is 1. The molecule has 2 heterocycles. The van der Waals surface area contributed by atoms with Crippen molar-refractivity contribution in [2.24, 2.45) is 0 Å². The van der Waals surface area contributed by atoms with Crippen LogP contribution in [-0.4, -0.2) is 37.3 Å². The van der Waals surface area contributed by atoms with Gasteiger partial charge in [-0.2, -0.15) is 0 Å². The molecule has 1 saturated carbocycles. The molecule has 0 radical (unpaired) electrons. The molecule has 1 aromatic carbocycles. The first kappa shape index (κ1) is 18.2. The molecule has 2 aromatic heterocycles. The minimum Gasteiger partial charge on any atom is -0.299 e. The maximum absolute atomic E-state index is 12.1. The number of benzene rings is 1. The molecule has 28 heavy (non-hydrogen) atoms. The van der Waals surface area contributed by atoms with Crippen LogP contribution in [0, 0.1) is 0 Å². The van der Waals surface area contributed by atoms with Crippen LogP contribution < -0.4 is 10.9 Å². The maximum atomic E-state index is 12.1. The number of hydrogen-bond donors (Lipinski definition) is 2. The van der Waals surface area contributed by atoms with Gasteiger partial charge in [0.05, 0.1) is 5.75 Å². The second-order valence-electron chi connectivity index (χ2n) is 6.31. The van der Waals surface area contributed by atoms with Crippen LogP contribution in [-0.2, 0) is 4.79 Å². The fraction of sp³-hybridized carbons (Fsp3) is 0.211. The molecule has 1 aliphatic rings. The van der Waals surface area contributed by atoms with E-state index in [1.807, 2.05) is 18.2 Å². The zero-order chi connectivity index (χ0) is 19.3. The molecular formula is C19H18N6O2S. The van der Waals surface area contributed by atoms with Gasteiger partial charge in [0.1, 0.15) is 0 Å². The Hall–Kier alpha value is -3.20. The van der Waals surface area contributed by atoms with E-state index in [4.69, 9.17) is 0 Å². The van der Waals surface area contributed by atoms with Gasteiger partial charge in [-0.15, -0.1) is 10.2 Å². The molecule has 0 spiro atoms. The van der Waals surface area contributed by atoms with Crippen molar-refractivity contribution in [1.82, 2.24) is 30.6 Å².